The Kier molecular flexibility index (Phi) is 4.52. The molecule has 2 rings (SSSR count). The zero-order chi connectivity index (χ0) is 14.7. The van der Waals surface area contributed by atoms with Crippen LogP contribution in [0, 0.1) is 17.5 Å². The predicted octanol–water partition coefficient (Wildman–Crippen LogP) is 3.90. The molecule has 20 heavy (non-hydrogen) atoms. The zero-order valence-corrected chi connectivity index (χ0v) is 11.0. The number of hydrogen-bond acceptors (Lipinski definition) is 2. The van der Waals surface area contributed by atoms with E-state index in [1.165, 1.54) is 0 Å². The first kappa shape index (κ1) is 14.7. The summed E-state index contributed by atoms with van der Waals surface area (Å²) in [5, 5.41) is 12.6. The van der Waals surface area contributed by atoms with Gasteiger partial charge in [0.1, 0.15) is 0 Å². The van der Waals surface area contributed by atoms with E-state index in [9.17, 15) is 18.3 Å². The molecule has 0 spiro atoms. The van der Waals surface area contributed by atoms with Crippen LogP contribution in [0.25, 0.3) is 0 Å². The van der Waals surface area contributed by atoms with Gasteiger partial charge in [0.15, 0.2) is 17.5 Å². The third-order valence-corrected chi connectivity index (χ3v) is 3.12. The first-order valence-electron chi connectivity index (χ1n) is 5.79. The molecule has 2 aromatic carbocycles. The lowest BCUT2D eigenvalue weighted by Crippen LogP contribution is -2.16. The predicted molar refractivity (Wildman–Crippen MR) is 71.2 cm³/mol. The summed E-state index contributed by atoms with van der Waals surface area (Å²) in [5.74, 6) is -4.15. The van der Waals surface area contributed by atoms with Gasteiger partial charge in [-0.1, -0.05) is 23.7 Å². The Bertz CT molecular complexity index is 598. The van der Waals surface area contributed by atoms with Crippen LogP contribution in [0.3, 0.4) is 0 Å². The number of rotatable bonds is 4. The summed E-state index contributed by atoms with van der Waals surface area (Å²) in [7, 11) is 0. The van der Waals surface area contributed by atoms with E-state index >= 15 is 0 Å². The molecule has 0 heterocycles. The number of aliphatic hydroxyl groups excluding tert-OH is 1. The van der Waals surface area contributed by atoms with Crippen LogP contribution in [0.4, 0.5) is 18.9 Å². The molecule has 2 nitrogen and oxygen atoms in total. The first-order chi connectivity index (χ1) is 9.52. The summed E-state index contributed by atoms with van der Waals surface area (Å²) in [6.07, 6.45) is 0. The van der Waals surface area contributed by atoms with E-state index in [1.54, 1.807) is 24.3 Å². The van der Waals surface area contributed by atoms with E-state index in [4.69, 9.17) is 11.6 Å². The smallest absolute Gasteiger partial charge is 0.194 e. The molecule has 0 radical (unpaired) electrons. The van der Waals surface area contributed by atoms with E-state index in [0.29, 0.717) is 10.7 Å². The van der Waals surface area contributed by atoms with Crippen LogP contribution < -0.4 is 5.32 Å². The fourth-order valence-corrected chi connectivity index (χ4v) is 1.97. The molecule has 0 aliphatic carbocycles. The van der Waals surface area contributed by atoms with Gasteiger partial charge >= 0.3 is 0 Å². The van der Waals surface area contributed by atoms with Gasteiger partial charge in [-0.2, -0.15) is 0 Å². The van der Waals surface area contributed by atoms with Gasteiger partial charge in [0, 0.05) is 0 Å². The molecular formula is C14H11ClF3NO. The largest absolute Gasteiger partial charge is 0.394 e. The van der Waals surface area contributed by atoms with Gasteiger partial charge in [0.05, 0.1) is 23.4 Å². The van der Waals surface area contributed by atoms with Crippen LogP contribution in [0.15, 0.2) is 36.4 Å². The maximum Gasteiger partial charge on any atom is 0.194 e. The van der Waals surface area contributed by atoms with Gasteiger partial charge < -0.3 is 10.4 Å². The fraction of sp³-hybridized carbons (Fsp3) is 0.143. The summed E-state index contributed by atoms with van der Waals surface area (Å²) in [6, 6.07) is 7.59. The maximum absolute atomic E-state index is 13.2. The lowest BCUT2D eigenvalue weighted by atomic mass is 10.1. The highest BCUT2D eigenvalue weighted by atomic mass is 35.5. The van der Waals surface area contributed by atoms with Crippen molar-refractivity contribution >= 4 is 17.3 Å². The molecular weight excluding hydrogens is 291 g/mol. The highest BCUT2D eigenvalue weighted by Crippen LogP contribution is 2.27. The maximum atomic E-state index is 13.2. The number of aliphatic hydroxyl groups is 1. The van der Waals surface area contributed by atoms with Crippen molar-refractivity contribution in [2.24, 2.45) is 0 Å². The molecule has 0 saturated carbocycles. The summed E-state index contributed by atoms with van der Waals surface area (Å²) in [4.78, 5) is 0. The molecule has 0 aliphatic heterocycles. The fourth-order valence-electron chi connectivity index (χ4n) is 1.78. The average molecular weight is 302 g/mol. The third kappa shape index (κ3) is 3.05. The van der Waals surface area contributed by atoms with Gasteiger partial charge in [0.25, 0.3) is 0 Å². The highest BCUT2D eigenvalue weighted by molar-refractivity contribution is 6.33. The lowest BCUT2D eigenvalue weighted by Gasteiger charge is -2.19. The average Bonchev–Trinajstić information content (AvgIpc) is 2.43. The summed E-state index contributed by atoms with van der Waals surface area (Å²) in [5.41, 5.74) is 0.585. The van der Waals surface area contributed by atoms with E-state index in [-0.39, 0.29) is 5.56 Å². The van der Waals surface area contributed by atoms with Crippen molar-refractivity contribution in [3.8, 4) is 0 Å². The Morgan fingerprint density at radius 1 is 1.10 bits per heavy atom. The lowest BCUT2D eigenvalue weighted by molar-refractivity contribution is 0.275. The minimum atomic E-state index is -1.54. The van der Waals surface area contributed by atoms with E-state index < -0.39 is 30.1 Å². The second-order valence-electron chi connectivity index (χ2n) is 4.16. The van der Waals surface area contributed by atoms with Gasteiger partial charge in [0.2, 0.25) is 0 Å². The van der Waals surface area contributed by atoms with Crippen LogP contribution in [0.2, 0.25) is 5.02 Å². The van der Waals surface area contributed by atoms with Crippen molar-refractivity contribution in [2.75, 3.05) is 11.9 Å². The van der Waals surface area contributed by atoms with Gasteiger partial charge in [-0.05, 0) is 29.8 Å². The molecule has 0 aliphatic rings. The Morgan fingerprint density at radius 3 is 2.25 bits per heavy atom. The topological polar surface area (TPSA) is 32.3 Å². The molecule has 0 amide bonds. The third-order valence-electron chi connectivity index (χ3n) is 2.79. The van der Waals surface area contributed by atoms with E-state index in [1.807, 2.05) is 0 Å². The summed E-state index contributed by atoms with van der Waals surface area (Å²) < 4.78 is 39.3. The SMILES string of the molecule is OCC(Nc1ccccc1Cl)c1cc(F)c(F)c(F)c1. The minimum absolute atomic E-state index is 0.0869. The number of para-hydroxylation sites is 1. The highest BCUT2D eigenvalue weighted by Gasteiger charge is 2.17. The van der Waals surface area contributed by atoms with Crippen LogP contribution in [0.5, 0.6) is 0 Å². The Hall–Kier alpha value is -1.72. The van der Waals surface area contributed by atoms with E-state index in [0.717, 1.165) is 12.1 Å². The quantitative estimate of drug-likeness (QED) is 0.839. The van der Waals surface area contributed by atoms with Crippen LogP contribution >= 0.6 is 11.6 Å². The molecule has 2 N–H and O–H groups in total. The van der Waals surface area contributed by atoms with Crippen LogP contribution in [-0.4, -0.2) is 11.7 Å². The Morgan fingerprint density at radius 2 is 1.70 bits per heavy atom. The van der Waals surface area contributed by atoms with Gasteiger partial charge in [-0.15, -0.1) is 0 Å². The molecule has 1 unspecified atom stereocenters. The van der Waals surface area contributed by atoms with Crippen molar-refractivity contribution in [3.63, 3.8) is 0 Å². The Balaban J connectivity index is 2.31. The number of halogens is 4. The van der Waals surface area contributed by atoms with Gasteiger partial charge in [-0.3, -0.25) is 0 Å². The molecule has 0 fully saturated rings. The number of hydrogen-bond donors (Lipinski definition) is 2. The van der Waals surface area contributed by atoms with Crippen molar-refractivity contribution in [1.29, 1.82) is 0 Å². The number of nitrogens with one attached hydrogen (secondary N) is 1. The second-order valence-corrected chi connectivity index (χ2v) is 4.57. The Labute approximate surface area is 118 Å². The molecule has 0 saturated heterocycles. The van der Waals surface area contributed by atoms with Crippen molar-refractivity contribution in [1.82, 2.24) is 0 Å². The van der Waals surface area contributed by atoms with E-state index in [2.05, 4.69) is 5.32 Å². The molecule has 0 bridgehead atoms. The normalized spacial score (nSPS) is 12.2. The molecule has 2 aromatic rings. The van der Waals surface area contributed by atoms with Crippen LogP contribution in [0.1, 0.15) is 11.6 Å². The van der Waals surface area contributed by atoms with Crippen molar-refractivity contribution in [2.45, 2.75) is 6.04 Å². The second kappa shape index (κ2) is 6.15. The van der Waals surface area contributed by atoms with Crippen molar-refractivity contribution < 1.29 is 18.3 Å². The van der Waals surface area contributed by atoms with Crippen molar-refractivity contribution in [3.05, 3.63) is 64.4 Å². The molecule has 6 heteroatoms. The monoisotopic (exact) mass is 301 g/mol. The molecule has 1 atom stereocenters. The first-order valence-corrected chi connectivity index (χ1v) is 6.17. The zero-order valence-electron chi connectivity index (χ0n) is 10.2. The summed E-state index contributed by atoms with van der Waals surface area (Å²) >= 11 is 5.95. The summed E-state index contributed by atoms with van der Waals surface area (Å²) in [6.45, 7) is -0.435. The van der Waals surface area contributed by atoms with Gasteiger partial charge in [-0.25, -0.2) is 13.2 Å². The number of anilines is 1. The van der Waals surface area contributed by atoms with Crippen LogP contribution in [-0.2, 0) is 0 Å². The molecule has 106 valence electrons. The molecule has 0 aromatic heterocycles. The standard InChI is InChI=1S/C14H11ClF3NO/c15-9-3-1-2-4-12(9)19-13(7-20)8-5-10(16)14(18)11(17)6-8/h1-6,13,19-20H,7H2. The minimum Gasteiger partial charge on any atom is -0.394 e. The number of benzene rings is 2.